The number of hydrogen-bond donors (Lipinski definition) is 3. The van der Waals surface area contributed by atoms with E-state index in [1.807, 2.05) is 0 Å². The Morgan fingerprint density at radius 3 is 2.71 bits per heavy atom. The molecule has 1 saturated carbocycles. The molecule has 0 aromatic heterocycles. The molecule has 1 heterocycles. The number of carbonyl (C=O) groups excluding carboxylic acids is 1. The molecule has 1 aliphatic carbocycles. The van der Waals surface area contributed by atoms with Crippen molar-refractivity contribution in [1.29, 1.82) is 0 Å². The Bertz CT molecular complexity index is 410. The number of ether oxygens (including phenoxy) is 2. The summed E-state index contributed by atoms with van der Waals surface area (Å²) in [7, 11) is 1.67. The Morgan fingerprint density at radius 1 is 1.43 bits per heavy atom. The molecular weight excluding hydrogens is 276 g/mol. The lowest BCUT2D eigenvalue weighted by Crippen LogP contribution is -2.53. The second kappa shape index (κ2) is 6.19. The van der Waals surface area contributed by atoms with Crippen LogP contribution in [0, 0.1) is 10.8 Å². The van der Waals surface area contributed by atoms with Crippen molar-refractivity contribution < 1.29 is 24.2 Å². The standard InChI is InChI=1S/C14H24N2O5/c1-13(11(17)18)9-21-7-10(13)16-12(19)15-8-14(3-4-14)5-6-20-2/h10H,3-9H2,1-2H3,(H,17,18)(H2,15,16,19). The number of carboxylic acid groups (broad SMARTS) is 1. The fourth-order valence-electron chi connectivity index (χ4n) is 2.57. The van der Waals surface area contributed by atoms with Gasteiger partial charge in [-0.2, -0.15) is 0 Å². The molecule has 2 atom stereocenters. The van der Waals surface area contributed by atoms with Crippen LogP contribution in [0.1, 0.15) is 26.2 Å². The first-order valence-corrected chi connectivity index (χ1v) is 7.26. The van der Waals surface area contributed by atoms with Gasteiger partial charge in [-0.1, -0.05) is 0 Å². The molecule has 21 heavy (non-hydrogen) atoms. The Balaban J connectivity index is 1.78. The van der Waals surface area contributed by atoms with Crippen LogP contribution in [0.5, 0.6) is 0 Å². The number of carboxylic acids is 1. The molecule has 0 spiro atoms. The van der Waals surface area contributed by atoms with Crippen molar-refractivity contribution in [2.45, 2.75) is 32.2 Å². The Hall–Kier alpha value is -1.34. The number of hydrogen-bond acceptors (Lipinski definition) is 4. The van der Waals surface area contributed by atoms with Crippen LogP contribution >= 0.6 is 0 Å². The molecule has 0 bridgehead atoms. The summed E-state index contributed by atoms with van der Waals surface area (Å²) in [5, 5.41) is 14.8. The summed E-state index contributed by atoms with van der Waals surface area (Å²) in [4.78, 5) is 23.3. The van der Waals surface area contributed by atoms with Crippen molar-refractivity contribution in [3.63, 3.8) is 0 Å². The molecule has 0 aromatic rings. The highest BCUT2D eigenvalue weighted by Gasteiger charge is 2.48. The van der Waals surface area contributed by atoms with Gasteiger partial charge in [-0.3, -0.25) is 4.79 Å². The van der Waals surface area contributed by atoms with Gasteiger partial charge in [0.2, 0.25) is 0 Å². The summed E-state index contributed by atoms with van der Waals surface area (Å²) in [6.45, 7) is 3.22. The number of carbonyl (C=O) groups is 2. The fourth-order valence-corrected chi connectivity index (χ4v) is 2.57. The second-order valence-electron chi connectivity index (χ2n) is 6.36. The maximum Gasteiger partial charge on any atom is 0.315 e. The van der Waals surface area contributed by atoms with Crippen molar-refractivity contribution in [1.82, 2.24) is 10.6 Å². The van der Waals surface area contributed by atoms with E-state index in [0.717, 1.165) is 19.3 Å². The van der Waals surface area contributed by atoms with Gasteiger partial charge in [0.25, 0.3) is 0 Å². The van der Waals surface area contributed by atoms with Crippen molar-refractivity contribution in [2.24, 2.45) is 10.8 Å². The average Bonchev–Trinajstić information content (AvgIpc) is 3.13. The minimum atomic E-state index is -1.06. The molecule has 2 unspecified atom stereocenters. The van der Waals surface area contributed by atoms with Crippen molar-refractivity contribution in [2.75, 3.05) is 33.5 Å². The SMILES string of the molecule is COCCC1(CNC(=O)NC2COCC2(C)C(=O)O)CC1. The van der Waals surface area contributed by atoms with Crippen molar-refractivity contribution in [3.8, 4) is 0 Å². The van der Waals surface area contributed by atoms with Crippen LogP contribution in [0.15, 0.2) is 0 Å². The van der Waals surface area contributed by atoms with E-state index in [1.54, 1.807) is 14.0 Å². The molecule has 2 aliphatic rings. The molecular formula is C14H24N2O5. The molecule has 7 heteroatoms. The zero-order valence-electron chi connectivity index (χ0n) is 12.6. The van der Waals surface area contributed by atoms with Gasteiger partial charge >= 0.3 is 12.0 Å². The summed E-state index contributed by atoms with van der Waals surface area (Å²) in [5.41, 5.74) is -0.902. The van der Waals surface area contributed by atoms with E-state index in [9.17, 15) is 14.7 Å². The summed E-state index contributed by atoms with van der Waals surface area (Å²) < 4.78 is 10.3. The Labute approximate surface area is 124 Å². The van der Waals surface area contributed by atoms with Crippen LogP contribution in [0.4, 0.5) is 4.79 Å². The van der Waals surface area contributed by atoms with Gasteiger partial charge in [0.1, 0.15) is 5.41 Å². The molecule has 3 N–H and O–H groups in total. The Kier molecular flexibility index (Phi) is 4.73. The summed E-state index contributed by atoms with van der Waals surface area (Å²) in [5.74, 6) is -0.955. The van der Waals surface area contributed by atoms with Gasteiger partial charge in [-0.05, 0) is 31.6 Å². The van der Waals surface area contributed by atoms with Gasteiger partial charge in [0.05, 0.1) is 19.3 Å². The van der Waals surface area contributed by atoms with Crippen LogP contribution in [0.2, 0.25) is 0 Å². The van der Waals surface area contributed by atoms with Crippen LogP contribution < -0.4 is 10.6 Å². The van der Waals surface area contributed by atoms with E-state index in [4.69, 9.17) is 9.47 Å². The first-order valence-electron chi connectivity index (χ1n) is 7.26. The molecule has 1 aliphatic heterocycles. The van der Waals surface area contributed by atoms with E-state index in [0.29, 0.717) is 13.2 Å². The maximum atomic E-state index is 12.0. The van der Waals surface area contributed by atoms with E-state index in [1.165, 1.54) is 0 Å². The summed E-state index contributed by atoms with van der Waals surface area (Å²) in [6, 6.07) is -0.842. The lowest BCUT2D eigenvalue weighted by Gasteiger charge is -2.26. The highest BCUT2D eigenvalue weighted by Crippen LogP contribution is 2.48. The second-order valence-corrected chi connectivity index (χ2v) is 6.36. The number of nitrogens with one attached hydrogen (secondary N) is 2. The summed E-state index contributed by atoms with van der Waals surface area (Å²) >= 11 is 0. The van der Waals surface area contributed by atoms with Crippen LogP contribution in [0.25, 0.3) is 0 Å². The lowest BCUT2D eigenvalue weighted by atomic mass is 9.85. The van der Waals surface area contributed by atoms with Gasteiger partial charge in [0, 0.05) is 20.3 Å². The number of rotatable bonds is 7. The normalized spacial score (nSPS) is 29.9. The monoisotopic (exact) mass is 300 g/mol. The van der Waals surface area contributed by atoms with E-state index in [-0.39, 0.29) is 24.7 Å². The lowest BCUT2D eigenvalue weighted by molar-refractivity contribution is -0.148. The largest absolute Gasteiger partial charge is 0.481 e. The van der Waals surface area contributed by atoms with Crippen LogP contribution in [-0.2, 0) is 14.3 Å². The topological polar surface area (TPSA) is 96.9 Å². The highest BCUT2D eigenvalue weighted by atomic mass is 16.5. The number of urea groups is 1. The van der Waals surface area contributed by atoms with Crippen LogP contribution in [-0.4, -0.2) is 56.6 Å². The first kappa shape index (κ1) is 16.0. The van der Waals surface area contributed by atoms with E-state index < -0.39 is 17.4 Å². The third-order valence-electron chi connectivity index (χ3n) is 4.67. The summed E-state index contributed by atoms with van der Waals surface area (Å²) in [6.07, 6.45) is 3.12. The number of aliphatic carboxylic acids is 1. The number of methoxy groups -OCH3 is 1. The van der Waals surface area contributed by atoms with Gasteiger partial charge in [-0.15, -0.1) is 0 Å². The number of amides is 2. The average molecular weight is 300 g/mol. The zero-order chi connectivity index (χ0) is 15.5. The first-order chi connectivity index (χ1) is 9.92. The smallest absolute Gasteiger partial charge is 0.315 e. The molecule has 0 aromatic carbocycles. The fraction of sp³-hybridized carbons (Fsp3) is 0.857. The molecule has 2 amide bonds. The van der Waals surface area contributed by atoms with Gasteiger partial charge < -0.3 is 25.2 Å². The Morgan fingerprint density at radius 2 is 2.14 bits per heavy atom. The van der Waals surface area contributed by atoms with Crippen molar-refractivity contribution in [3.05, 3.63) is 0 Å². The third-order valence-corrected chi connectivity index (χ3v) is 4.67. The van der Waals surface area contributed by atoms with Crippen molar-refractivity contribution >= 4 is 12.0 Å². The molecule has 120 valence electrons. The minimum Gasteiger partial charge on any atom is -0.481 e. The third kappa shape index (κ3) is 3.65. The zero-order valence-corrected chi connectivity index (χ0v) is 12.6. The molecule has 0 radical (unpaired) electrons. The predicted molar refractivity (Wildman–Crippen MR) is 75.0 cm³/mol. The molecule has 2 fully saturated rings. The van der Waals surface area contributed by atoms with Gasteiger partial charge in [0.15, 0.2) is 0 Å². The highest BCUT2D eigenvalue weighted by molar-refractivity contribution is 5.79. The molecule has 7 nitrogen and oxygen atoms in total. The molecule has 1 saturated heterocycles. The predicted octanol–water partition coefficient (Wildman–Crippen LogP) is 0.592. The maximum absolute atomic E-state index is 12.0. The van der Waals surface area contributed by atoms with E-state index >= 15 is 0 Å². The van der Waals surface area contributed by atoms with Crippen LogP contribution in [0.3, 0.4) is 0 Å². The van der Waals surface area contributed by atoms with E-state index in [2.05, 4.69) is 10.6 Å². The van der Waals surface area contributed by atoms with Gasteiger partial charge in [-0.25, -0.2) is 4.79 Å². The quantitative estimate of drug-likeness (QED) is 0.639. The molecule has 2 rings (SSSR count). The minimum absolute atomic E-state index is 0.116.